The molecule has 0 N–H and O–H groups in total. The van der Waals surface area contributed by atoms with Gasteiger partial charge in [-0.2, -0.15) is 0 Å². The topological polar surface area (TPSA) is 39.4 Å². The minimum Gasteiger partial charge on any atom is -0.497 e. The number of fused-ring (bicyclic) bond motifs is 1. The lowest BCUT2D eigenvalue weighted by Gasteiger charge is -1.98. The number of halogens is 1. The SMILES string of the molecule is COc1ccc(C=CC(=O)c2occ3cc(Cl)ccc23)cc1. The van der Waals surface area contributed by atoms with E-state index >= 15 is 0 Å². The van der Waals surface area contributed by atoms with Crippen LogP contribution in [0.4, 0.5) is 0 Å². The number of furan rings is 1. The van der Waals surface area contributed by atoms with Gasteiger partial charge in [-0.05, 0) is 42.0 Å². The van der Waals surface area contributed by atoms with Gasteiger partial charge in [-0.15, -0.1) is 0 Å². The van der Waals surface area contributed by atoms with E-state index in [9.17, 15) is 4.79 Å². The number of hydrogen-bond acceptors (Lipinski definition) is 3. The summed E-state index contributed by atoms with van der Waals surface area (Å²) < 4.78 is 10.5. The highest BCUT2D eigenvalue weighted by molar-refractivity contribution is 6.31. The van der Waals surface area contributed by atoms with Crippen molar-refractivity contribution >= 4 is 34.2 Å². The molecule has 0 spiro atoms. The minimum atomic E-state index is -0.187. The average Bonchev–Trinajstić information content (AvgIpc) is 2.96. The second kappa shape index (κ2) is 6.08. The van der Waals surface area contributed by atoms with Crippen molar-refractivity contribution in [3.63, 3.8) is 0 Å². The van der Waals surface area contributed by atoms with Crippen LogP contribution >= 0.6 is 11.6 Å². The van der Waals surface area contributed by atoms with Crippen LogP contribution in [0, 0.1) is 0 Å². The fourth-order valence-electron chi connectivity index (χ4n) is 2.18. The van der Waals surface area contributed by atoms with Crippen molar-refractivity contribution in [2.75, 3.05) is 7.11 Å². The number of ketones is 1. The van der Waals surface area contributed by atoms with E-state index in [4.69, 9.17) is 20.8 Å². The van der Waals surface area contributed by atoms with Gasteiger partial charge in [0.05, 0.1) is 13.4 Å². The maximum atomic E-state index is 12.3. The van der Waals surface area contributed by atoms with Crippen LogP contribution in [0.2, 0.25) is 5.02 Å². The predicted molar refractivity (Wildman–Crippen MR) is 87.6 cm³/mol. The molecule has 0 aliphatic heterocycles. The summed E-state index contributed by atoms with van der Waals surface area (Å²) in [5.74, 6) is 0.905. The summed E-state index contributed by atoms with van der Waals surface area (Å²) in [6, 6.07) is 12.7. The van der Waals surface area contributed by atoms with Crippen LogP contribution in [-0.4, -0.2) is 12.9 Å². The monoisotopic (exact) mass is 312 g/mol. The molecule has 0 aliphatic rings. The van der Waals surface area contributed by atoms with Crippen molar-refractivity contribution in [3.05, 3.63) is 71.2 Å². The molecule has 110 valence electrons. The number of carbonyl (C=O) groups excluding carboxylic acids is 1. The van der Waals surface area contributed by atoms with Crippen molar-refractivity contribution in [1.82, 2.24) is 0 Å². The third kappa shape index (κ3) is 2.90. The van der Waals surface area contributed by atoms with Gasteiger partial charge >= 0.3 is 0 Å². The Labute approximate surface area is 132 Å². The number of methoxy groups -OCH3 is 1. The van der Waals surface area contributed by atoms with E-state index in [0.29, 0.717) is 10.8 Å². The summed E-state index contributed by atoms with van der Waals surface area (Å²) in [7, 11) is 1.61. The first kappa shape index (κ1) is 14.4. The Morgan fingerprint density at radius 3 is 2.68 bits per heavy atom. The number of benzene rings is 2. The third-order valence-electron chi connectivity index (χ3n) is 3.33. The summed E-state index contributed by atoms with van der Waals surface area (Å²) in [5.41, 5.74) is 0.910. The first-order valence-electron chi connectivity index (χ1n) is 6.70. The van der Waals surface area contributed by atoms with Crippen molar-refractivity contribution in [3.8, 4) is 5.75 Å². The van der Waals surface area contributed by atoms with E-state index in [0.717, 1.165) is 22.1 Å². The van der Waals surface area contributed by atoms with Gasteiger partial charge < -0.3 is 9.15 Å². The molecule has 3 rings (SSSR count). The van der Waals surface area contributed by atoms with Crippen molar-refractivity contribution in [1.29, 1.82) is 0 Å². The minimum absolute atomic E-state index is 0.187. The molecule has 0 unspecified atom stereocenters. The van der Waals surface area contributed by atoms with E-state index < -0.39 is 0 Å². The van der Waals surface area contributed by atoms with E-state index in [2.05, 4.69) is 0 Å². The zero-order valence-electron chi connectivity index (χ0n) is 11.9. The van der Waals surface area contributed by atoms with Crippen molar-refractivity contribution < 1.29 is 13.9 Å². The number of hydrogen-bond donors (Lipinski definition) is 0. The van der Waals surface area contributed by atoms with Crippen LogP contribution in [0.1, 0.15) is 16.1 Å². The molecule has 0 radical (unpaired) electrons. The molecule has 1 aromatic heterocycles. The van der Waals surface area contributed by atoms with Gasteiger partial charge in [0.25, 0.3) is 0 Å². The predicted octanol–water partition coefficient (Wildman–Crippen LogP) is 4.99. The second-order valence-corrected chi connectivity index (χ2v) is 5.20. The van der Waals surface area contributed by atoms with Gasteiger partial charge in [0.2, 0.25) is 5.78 Å². The molecule has 4 heteroatoms. The van der Waals surface area contributed by atoms with E-state index in [1.807, 2.05) is 24.3 Å². The van der Waals surface area contributed by atoms with Gasteiger partial charge in [-0.1, -0.05) is 29.8 Å². The Morgan fingerprint density at radius 1 is 1.18 bits per heavy atom. The fraction of sp³-hybridized carbons (Fsp3) is 0.0556. The van der Waals surface area contributed by atoms with E-state index in [-0.39, 0.29) is 5.78 Å². The van der Waals surface area contributed by atoms with E-state index in [1.165, 1.54) is 12.3 Å². The molecule has 0 saturated carbocycles. The molecule has 0 aliphatic carbocycles. The van der Waals surface area contributed by atoms with Gasteiger partial charge in [0.1, 0.15) is 5.75 Å². The van der Waals surface area contributed by atoms with Crippen LogP contribution in [0.15, 0.2) is 59.2 Å². The summed E-state index contributed by atoms with van der Waals surface area (Å²) in [4.78, 5) is 12.3. The molecular formula is C18H13ClO3. The molecule has 0 saturated heterocycles. The highest BCUT2D eigenvalue weighted by Crippen LogP contribution is 2.25. The Bertz CT molecular complexity index is 844. The molecule has 3 nitrogen and oxygen atoms in total. The van der Waals surface area contributed by atoms with Crippen molar-refractivity contribution in [2.45, 2.75) is 0 Å². The molecule has 3 aromatic rings. The fourth-order valence-corrected chi connectivity index (χ4v) is 2.36. The summed E-state index contributed by atoms with van der Waals surface area (Å²) in [6.07, 6.45) is 4.77. The average molecular weight is 313 g/mol. The highest BCUT2D eigenvalue weighted by atomic mass is 35.5. The number of allylic oxidation sites excluding steroid dienone is 1. The zero-order valence-corrected chi connectivity index (χ0v) is 12.6. The molecular weight excluding hydrogens is 300 g/mol. The lowest BCUT2D eigenvalue weighted by atomic mass is 10.1. The Morgan fingerprint density at radius 2 is 1.95 bits per heavy atom. The lowest BCUT2D eigenvalue weighted by Crippen LogP contribution is -1.92. The molecule has 0 fully saturated rings. The Hall–Kier alpha value is -2.52. The van der Waals surface area contributed by atoms with Gasteiger partial charge in [0.15, 0.2) is 5.76 Å². The summed E-state index contributed by atoms with van der Waals surface area (Å²) in [6.45, 7) is 0. The molecule has 1 heterocycles. The molecule has 22 heavy (non-hydrogen) atoms. The maximum Gasteiger partial charge on any atom is 0.221 e. The summed E-state index contributed by atoms with van der Waals surface area (Å²) in [5, 5.41) is 2.18. The van der Waals surface area contributed by atoms with E-state index in [1.54, 1.807) is 31.4 Å². The first-order valence-corrected chi connectivity index (χ1v) is 7.08. The van der Waals surface area contributed by atoms with Gasteiger partial charge in [-0.25, -0.2) is 0 Å². The smallest absolute Gasteiger partial charge is 0.221 e. The normalized spacial score (nSPS) is 11.2. The number of rotatable bonds is 4. The molecule has 2 aromatic carbocycles. The van der Waals surface area contributed by atoms with Gasteiger partial charge in [0, 0.05) is 15.8 Å². The number of ether oxygens (including phenoxy) is 1. The first-order chi connectivity index (χ1) is 10.7. The van der Waals surface area contributed by atoms with Gasteiger partial charge in [-0.3, -0.25) is 4.79 Å². The van der Waals surface area contributed by atoms with Crippen LogP contribution < -0.4 is 4.74 Å². The van der Waals surface area contributed by atoms with Crippen LogP contribution in [0.5, 0.6) is 5.75 Å². The maximum absolute atomic E-state index is 12.3. The Kier molecular flexibility index (Phi) is 3.98. The van der Waals surface area contributed by atoms with Crippen molar-refractivity contribution in [2.24, 2.45) is 0 Å². The second-order valence-electron chi connectivity index (χ2n) is 4.77. The molecule has 0 amide bonds. The van der Waals surface area contributed by atoms with Crippen LogP contribution in [0.3, 0.4) is 0 Å². The largest absolute Gasteiger partial charge is 0.497 e. The Balaban J connectivity index is 1.84. The quantitative estimate of drug-likeness (QED) is 0.503. The number of carbonyl (C=O) groups is 1. The standard InChI is InChI=1S/C18H13ClO3/c1-21-15-6-2-12(3-7-15)4-9-17(20)18-16-8-5-14(19)10-13(16)11-22-18/h2-11H,1H3. The molecule has 0 atom stereocenters. The molecule has 0 bridgehead atoms. The lowest BCUT2D eigenvalue weighted by molar-refractivity contribution is 0.102. The summed E-state index contributed by atoms with van der Waals surface area (Å²) >= 11 is 5.92. The third-order valence-corrected chi connectivity index (χ3v) is 3.56. The van der Waals surface area contributed by atoms with Crippen LogP contribution in [-0.2, 0) is 0 Å². The zero-order chi connectivity index (χ0) is 15.5. The highest BCUT2D eigenvalue weighted by Gasteiger charge is 2.12. The van der Waals surface area contributed by atoms with Crippen LogP contribution in [0.25, 0.3) is 16.8 Å².